The summed E-state index contributed by atoms with van der Waals surface area (Å²) in [7, 11) is 0. The van der Waals surface area contributed by atoms with Gasteiger partial charge in [-0.05, 0) is 71.6 Å². The van der Waals surface area contributed by atoms with Gasteiger partial charge in [-0.2, -0.15) is 0 Å². The molecular formula is C24H39KO5. The Morgan fingerprint density at radius 2 is 1.87 bits per heavy atom. The van der Waals surface area contributed by atoms with Crippen LogP contribution in [0.25, 0.3) is 0 Å². The first-order valence-electron chi connectivity index (χ1n) is 11.1. The van der Waals surface area contributed by atoms with E-state index in [0.717, 1.165) is 39.0 Å². The first kappa shape index (κ1) is 30.2. The van der Waals surface area contributed by atoms with Crippen molar-refractivity contribution in [3.05, 3.63) is 23.8 Å². The van der Waals surface area contributed by atoms with Gasteiger partial charge in [-0.1, -0.05) is 43.1 Å². The molecule has 0 amide bonds. The molecule has 166 valence electrons. The maximum Gasteiger partial charge on any atom is 1.00 e. The first-order chi connectivity index (χ1) is 13.7. The summed E-state index contributed by atoms with van der Waals surface area (Å²) in [6, 6.07) is 0. The van der Waals surface area contributed by atoms with Gasteiger partial charge in [-0.3, -0.25) is 4.79 Å². The molecule has 5 nitrogen and oxygen atoms in total. The molecule has 0 spiro atoms. The molecule has 0 aromatic rings. The van der Waals surface area contributed by atoms with Gasteiger partial charge in [0.2, 0.25) is 0 Å². The second-order valence-electron chi connectivity index (χ2n) is 8.86. The number of hydrogen-bond donors (Lipinski definition) is 2. The normalized spacial score (nSPS) is 21.8. The number of hydrogen-bond acceptors (Lipinski definition) is 5. The van der Waals surface area contributed by atoms with Gasteiger partial charge >= 0.3 is 51.4 Å². The summed E-state index contributed by atoms with van der Waals surface area (Å²) in [6.07, 6.45) is 14.9. The van der Waals surface area contributed by atoms with E-state index in [-0.39, 0.29) is 63.7 Å². The van der Waals surface area contributed by atoms with E-state index in [1.54, 1.807) is 0 Å². The fourth-order valence-electron chi connectivity index (χ4n) is 3.90. The molecule has 1 saturated carbocycles. The van der Waals surface area contributed by atoms with Gasteiger partial charge in [-0.15, -0.1) is 0 Å². The van der Waals surface area contributed by atoms with Crippen LogP contribution >= 0.6 is 0 Å². The average Bonchev–Trinajstić information content (AvgIpc) is 3.00. The van der Waals surface area contributed by atoms with Crippen LogP contribution in [0.2, 0.25) is 0 Å². The van der Waals surface area contributed by atoms with Crippen LogP contribution in [-0.2, 0) is 9.59 Å². The predicted molar refractivity (Wildman–Crippen MR) is 113 cm³/mol. The fourth-order valence-corrected chi connectivity index (χ4v) is 3.90. The van der Waals surface area contributed by atoms with Crippen LogP contribution in [0.15, 0.2) is 23.8 Å². The smallest absolute Gasteiger partial charge is 0.547 e. The van der Waals surface area contributed by atoms with Gasteiger partial charge in [0.15, 0.2) is 0 Å². The number of ketones is 1. The molecule has 1 aliphatic carbocycles. The number of carbonyl (C=O) groups excluding carboxylic acids is 2. The third-order valence-corrected chi connectivity index (χ3v) is 5.97. The van der Waals surface area contributed by atoms with Crippen molar-refractivity contribution in [2.75, 3.05) is 0 Å². The van der Waals surface area contributed by atoms with Crippen molar-refractivity contribution < 1.29 is 76.3 Å². The number of carbonyl (C=O) groups is 2. The summed E-state index contributed by atoms with van der Waals surface area (Å²) in [6.45, 7) is 5.30. The monoisotopic (exact) mass is 446 g/mol. The quantitative estimate of drug-likeness (QED) is 0.230. The van der Waals surface area contributed by atoms with Crippen LogP contribution in [0.1, 0.15) is 91.4 Å². The molecule has 30 heavy (non-hydrogen) atoms. The van der Waals surface area contributed by atoms with Crippen LogP contribution in [-0.4, -0.2) is 33.7 Å². The fraction of sp³-hybridized carbons (Fsp3) is 0.750. The molecule has 1 rings (SSSR count). The van der Waals surface area contributed by atoms with Gasteiger partial charge in [-0.25, -0.2) is 0 Å². The Bertz CT molecular complexity index is 578. The van der Waals surface area contributed by atoms with E-state index in [2.05, 4.69) is 32.1 Å². The number of aliphatic hydroxyl groups excluding tert-OH is 1. The first-order valence-corrected chi connectivity index (χ1v) is 11.1. The summed E-state index contributed by atoms with van der Waals surface area (Å²) < 4.78 is 0. The van der Waals surface area contributed by atoms with E-state index in [1.165, 1.54) is 24.8 Å². The van der Waals surface area contributed by atoms with E-state index < -0.39 is 17.7 Å². The Labute approximate surface area is 224 Å². The van der Waals surface area contributed by atoms with Gasteiger partial charge in [0.05, 0.1) is 12.1 Å². The van der Waals surface area contributed by atoms with Crippen LogP contribution in [0.5, 0.6) is 0 Å². The SMILES string of the molecule is CC(C)=CCCCCC/C=C/[C@H]1CCC(=O)[C@@H]1CCCCC(O)C(C)(O)C(=O)[O-].[K+]. The number of unbranched alkanes of at least 4 members (excludes halogenated alkanes) is 5. The number of allylic oxidation sites excluding steroid dienone is 4. The van der Waals surface area contributed by atoms with E-state index in [9.17, 15) is 24.9 Å². The van der Waals surface area contributed by atoms with Crippen LogP contribution in [0.4, 0.5) is 0 Å². The maximum absolute atomic E-state index is 12.2. The number of rotatable bonds is 14. The topological polar surface area (TPSA) is 97.7 Å². The second kappa shape index (κ2) is 15.9. The standard InChI is InChI=1S/C24H40O5.K/c1-18(2)12-8-6-4-5-7-9-13-19-16-17-21(25)20(19)14-10-11-15-22(26)24(3,29)23(27)28;/h9,12-13,19-20,22,26,29H,4-8,10-11,14-17H2,1-3H3,(H,27,28);/q;+1/p-1/b13-9+;/t19-,20+,22?,24?;/m0./s1. The number of carboxylic acid groups (broad SMARTS) is 1. The summed E-state index contributed by atoms with van der Waals surface area (Å²) in [4.78, 5) is 23.0. The molecule has 2 unspecified atom stereocenters. The molecule has 4 atom stereocenters. The Balaban J connectivity index is 0.00000841. The molecule has 0 radical (unpaired) electrons. The molecule has 0 aromatic heterocycles. The largest absolute Gasteiger partial charge is 1.00 e. The van der Waals surface area contributed by atoms with Crippen molar-refractivity contribution in [1.29, 1.82) is 0 Å². The van der Waals surface area contributed by atoms with Gasteiger partial charge < -0.3 is 20.1 Å². The zero-order valence-electron chi connectivity index (χ0n) is 19.4. The van der Waals surface area contributed by atoms with Crippen molar-refractivity contribution in [3.63, 3.8) is 0 Å². The Morgan fingerprint density at radius 1 is 1.20 bits per heavy atom. The second-order valence-corrected chi connectivity index (χ2v) is 8.86. The molecule has 1 fully saturated rings. The Kier molecular flexibility index (Phi) is 16.0. The molecule has 0 aliphatic heterocycles. The van der Waals surface area contributed by atoms with Crippen molar-refractivity contribution in [2.24, 2.45) is 11.8 Å². The molecule has 6 heteroatoms. The zero-order chi connectivity index (χ0) is 21.9. The molecule has 0 bridgehead atoms. The third-order valence-electron chi connectivity index (χ3n) is 5.97. The predicted octanol–water partition coefficient (Wildman–Crippen LogP) is 0.481. The third kappa shape index (κ3) is 11.2. The molecule has 0 saturated heterocycles. The minimum atomic E-state index is -2.24. The molecule has 0 aromatic carbocycles. The summed E-state index contributed by atoms with van der Waals surface area (Å²) in [5.74, 6) is -1.03. The van der Waals surface area contributed by atoms with Crippen molar-refractivity contribution >= 4 is 11.8 Å². The average molecular weight is 447 g/mol. The minimum Gasteiger partial charge on any atom is -0.547 e. The summed E-state index contributed by atoms with van der Waals surface area (Å²) >= 11 is 0. The minimum absolute atomic E-state index is 0. The number of aliphatic hydroxyl groups is 2. The molecule has 0 heterocycles. The van der Waals surface area contributed by atoms with Gasteiger partial charge in [0, 0.05) is 12.3 Å². The van der Waals surface area contributed by atoms with Crippen LogP contribution in [0, 0.1) is 11.8 Å². The van der Waals surface area contributed by atoms with Crippen LogP contribution < -0.4 is 56.5 Å². The van der Waals surface area contributed by atoms with Gasteiger partial charge in [0.25, 0.3) is 0 Å². The molecule has 2 N–H and O–H groups in total. The van der Waals surface area contributed by atoms with Gasteiger partial charge in [0.1, 0.15) is 11.4 Å². The van der Waals surface area contributed by atoms with Crippen molar-refractivity contribution in [1.82, 2.24) is 0 Å². The Morgan fingerprint density at radius 3 is 2.50 bits per heavy atom. The van der Waals surface area contributed by atoms with Crippen LogP contribution in [0.3, 0.4) is 0 Å². The number of carboxylic acids is 1. The number of aliphatic carboxylic acids is 1. The summed E-state index contributed by atoms with van der Waals surface area (Å²) in [5, 5.41) is 30.4. The van der Waals surface area contributed by atoms with Crippen molar-refractivity contribution in [2.45, 2.75) is 103 Å². The summed E-state index contributed by atoms with van der Waals surface area (Å²) in [5.41, 5.74) is -0.860. The van der Waals surface area contributed by atoms with E-state index in [1.807, 2.05) is 0 Å². The molecular weight excluding hydrogens is 407 g/mol. The number of Topliss-reactive ketones (excluding diaryl/α,β-unsaturated/α-hetero) is 1. The maximum atomic E-state index is 12.2. The van der Waals surface area contributed by atoms with E-state index >= 15 is 0 Å². The van der Waals surface area contributed by atoms with Crippen molar-refractivity contribution in [3.8, 4) is 0 Å². The molecule has 1 aliphatic rings. The van der Waals surface area contributed by atoms with E-state index in [0.29, 0.717) is 24.5 Å². The van der Waals surface area contributed by atoms with E-state index in [4.69, 9.17) is 0 Å². The zero-order valence-corrected chi connectivity index (χ0v) is 22.5. The Hall–Kier alpha value is 0.176.